The van der Waals surface area contributed by atoms with Gasteiger partial charge in [-0.1, -0.05) is 31.4 Å². The van der Waals surface area contributed by atoms with Crippen molar-refractivity contribution in [1.82, 2.24) is 5.32 Å². The highest BCUT2D eigenvalue weighted by atomic mass is 19.4. The largest absolute Gasteiger partial charge is 0.417 e. The first-order valence-electron chi connectivity index (χ1n) is 6.99. The van der Waals surface area contributed by atoms with Crippen molar-refractivity contribution in [3.8, 4) is 0 Å². The molecule has 0 spiro atoms. The van der Waals surface area contributed by atoms with Gasteiger partial charge in [-0.3, -0.25) is 4.79 Å². The predicted molar refractivity (Wildman–Crippen MR) is 71.8 cm³/mol. The number of hydrogen-bond donors (Lipinski definition) is 2. The van der Waals surface area contributed by atoms with Gasteiger partial charge in [-0.15, -0.1) is 0 Å². The summed E-state index contributed by atoms with van der Waals surface area (Å²) in [7, 11) is 0. The molecule has 116 valence electrons. The SMILES string of the molecule is O=C(NCC1(O)CCCCC1)c1ccccc1C(F)(F)F. The Balaban J connectivity index is 2.07. The number of amides is 1. The normalized spacial score (nSPS) is 18.3. The lowest BCUT2D eigenvalue weighted by molar-refractivity contribution is -0.137. The zero-order chi connectivity index (χ0) is 15.5. The van der Waals surface area contributed by atoms with Gasteiger partial charge < -0.3 is 10.4 Å². The van der Waals surface area contributed by atoms with E-state index in [2.05, 4.69) is 5.32 Å². The number of carbonyl (C=O) groups excluding carboxylic acids is 1. The molecule has 0 heterocycles. The molecule has 3 nitrogen and oxygen atoms in total. The van der Waals surface area contributed by atoms with E-state index < -0.39 is 28.8 Å². The molecule has 0 radical (unpaired) electrons. The van der Waals surface area contributed by atoms with Gasteiger partial charge in [0, 0.05) is 6.54 Å². The molecule has 1 saturated carbocycles. The van der Waals surface area contributed by atoms with Gasteiger partial charge in [0.05, 0.1) is 16.7 Å². The molecule has 0 bridgehead atoms. The third-order valence-corrected chi connectivity index (χ3v) is 3.84. The second-order valence-electron chi connectivity index (χ2n) is 5.51. The molecule has 1 aromatic carbocycles. The zero-order valence-electron chi connectivity index (χ0n) is 11.5. The Morgan fingerprint density at radius 1 is 1.19 bits per heavy atom. The summed E-state index contributed by atoms with van der Waals surface area (Å²) in [6.45, 7) is -0.0158. The molecule has 1 fully saturated rings. The van der Waals surface area contributed by atoms with E-state index >= 15 is 0 Å². The lowest BCUT2D eigenvalue weighted by Gasteiger charge is -2.32. The van der Waals surface area contributed by atoms with Gasteiger partial charge in [0.2, 0.25) is 0 Å². The minimum atomic E-state index is -4.57. The summed E-state index contributed by atoms with van der Waals surface area (Å²) in [6.07, 6.45) is -0.678. The number of rotatable bonds is 3. The van der Waals surface area contributed by atoms with E-state index in [4.69, 9.17) is 0 Å². The topological polar surface area (TPSA) is 49.3 Å². The molecule has 2 rings (SSSR count). The van der Waals surface area contributed by atoms with Gasteiger partial charge in [0.25, 0.3) is 5.91 Å². The predicted octanol–water partition coefficient (Wildman–Crippen LogP) is 3.13. The second-order valence-corrected chi connectivity index (χ2v) is 5.51. The molecule has 0 aromatic heterocycles. The molecule has 6 heteroatoms. The number of nitrogens with one attached hydrogen (secondary N) is 1. The highest BCUT2D eigenvalue weighted by Gasteiger charge is 2.35. The average molecular weight is 301 g/mol. The van der Waals surface area contributed by atoms with E-state index in [1.165, 1.54) is 12.1 Å². The van der Waals surface area contributed by atoms with Crippen LogP contribution in [0.3, 0.4) is 0 Å². The van der Waals surface area contributed by atoms with Crippen LogP contribution in [0.4, 0.5) is 13.2 Å². The van der Waals surface area contributed by atoms with Gasteiger partial charge in [-0.25, -0.2) is 0 Å². The fourth-order valence-corrected chi connectivity index (χ4v) is 2.66. The maximum atomic E-state index is 12.8. The van der Waals surface area contributed by atoms with Crippen LogP contribution in [0.1, 0.15) is 48.0 Å². The van der Waals surface area contributed by atoms with Crippen LogP contribution >= 0.6 is 0 Å². The van der Waals surface area contributed by atoms with Gasteiger partial charge in [-0.05, 0) is 25.0 Å². The van der Waals surface area contributed by atoms with Crippen LogP contribution in [0, 0.1) is 0 Å². The molecule has 1 aromatic rings. The molecular formula is C15H18F3NO2. The minimum Gasteiger partial charge on any atom is -0.388 e. The lowest BCUT2D eigenvalue weighted by Crippen LogP contribution is -2.44. The van der Waals surface area contributed by atoms with Crippen LogP contribution in [-0.4, -0.2) is 23.2 Å². The number of benzene rings is 1. The Hall–Kier alpha value is -1.56. The van der Waals surface area contributed by atoms with Crippen LogP contribution in [0.5, 0.6) is 0 Å². The lowest BCUT2D eigenvalue weighted by atomic mass is 9.85. The van der Waals surface area contributed by atoms with E-state index in [1.807, 2.05) is 0 Å². The smallest absolute Gasteiger partial charge is 0.388 e. The maximum Gasteiger partial charge on any atom is 0.417 e. The quantitative estimate of drug-likeness (QED) is 0.901. The summed E-state index contributed by atoms with van der Waals surface area (Å²) in [5, 5.41) is 12.7. The molecule has 1 aliphatic rings. The summed E-state index contributed by atoms with van der Waals surface area (Å²) in [5.74, 6) is -0.804. The molecule has 21 heavy (non-hydrogen) atoms. The maximum absolute atomic E-state index is 12.8. The fourth-order valence-electron chi connectivity index (χ4n) is 2.66. The minimum absolute atomic E-state index is 0.0158. The summed E-state index contributed by atoms with van der Waals surface area (Å²) in [4.78, 5) is 12.0. The van der Waals surface area contributed by atoms with Crippen molar-refractivity contribution in [2.24, 2.45) is 0 Å². The monoisotopic (exact) mass is 301 g/mol. The highest BCUT2D eigenvalue weighted by molar-refractivity contribution is 5.95. The second kappa shape index (κ2) is 6.05. The Kier molecular flexibility index (Phi) is 4.56. The van der Waals surface area contributed by atoms with Crippen molar-refractivity contribution in [3.63, 3.8) is 0 Å². The first-order valence-corrected chi connectivity index (χ1v) is 6.99. The van der Waals surface area contributed by atoms with Gasteiger partial charge >= 0.3 is 6.18 Å². The van der Waals surface area contributed by atoms with Crippen molar-refractivity contribution in [2.45, 2.75) is 43.9 Å². The molecular weight excluding hydrogens is 283 g/mol. The third-order valence-electron chi connectivity index (χ3n) is 3.84. The highest BCUT2D eigenvalue weighted by Crippen LogP contribution is 2.32. The number of halogens is 3. The van der Waals surface area contributed by atoms with Gasteiger partial charge in [-0.2, -0.15) is 13.2 Å². The molecule has 0 aliphatic heterocycles. The first kappa shape index (κ1) is 15.8. The number of carbonyl (C=O) groups is 1. The summed E-state index contributed by atoms with van der Waals surface area (Å²) in [6, 6.07) is 4.65. The van der Waals surface area contributed by atoms with Crippen LogP contribution in [-0.2, 0) is 6.18 Å². The van der Waals surface area contributed by atoms with Gasteiger partial charge in [0.15, 0.2) is 0 Å². The van der Waals surface area contributed by atoms with Crippen molar-refractivity contribution < 1.29 is 23.1 Å². The summed E-state index contributed by atoms with van der Waals surface area (Å²) < 4.78 is 38.5. The fraction of sp³-hybridized carbons (Fsp3) is 0.533. The van der Waals surface area contributed by atoms with Crippen molar-refractivity contribution >= 4 is 5.91 Å². The number of hydrogen-bond acceptors (Lipinski definition) is 2. The van der Waals surface area contributed by atoms with Crippen LogP contribution < -0.4 is 5.32 Å². The van der Waals surface area contributed by atoms with Crippen LogP contribution in [0.2, 0.25) is 0 Å². The van der Waals surface area contributed by atoms with E-state index in [9.17, 15) is 23.1 Å². The Bertz CT molecular complexity index is 508. The molecule has 1 aliphatic carbocycles. The van der Waals surface area contributed by atoms with E-state index in [1.54, 1.807) is 0 Å². The molecule has 2 N–H and O–H groups in total. The molecule has 0 unspecified atom stereocenters. The Morgan fingerprint density at radius 2 is 1.81 bits per heavy atom. The Morgan fingerprint density at radius 3 is 2.43 bits per heavy atom. The van der Waals surface area contributed by atoms with E-state index in [0.29, 0.717) is 12.8 Å². The molecule has 0 atom stereocenters. The van der Waals surface area contributed by atoms with Crippen molar-refractivity contribution in [1.29, 1.82) is 0 Å². The van der Waals surface area contributed by atoms with Crippen LogP contribution in [0.15, 0.2) is 24.3 Å². The van der Waals surface area contributed by atoms with Crippen molar-refractivity contribution in [2.75, 3.05) is 6.54 Å². The van der Waals surface area contributed by atoms with Crippen molar-refractivity contribution in [3.05, 3.63) is 35.4 Å². The number of alkyl halides is 3. The average Bonchev–Trinajstić information content (AvgIpc) is 2.45. The number of aliphatic hydroxyl groups is 1. The molecule has 1 amide bonds. The third kappa shape index (κ3) is 3.97. The zero-order valence-corrected chi connectivity index (χ0v) is 11.5. The summed E-state index contributed by atoms with van der Waals surface area (Å²) in [5.41, 5.74) is -2.37. The Labute approximate surface area is 121 Å². The van der Waals surface area contributed by atoms with Crippen LogP contribution in [0.25, 0.3) is 0 Å². The summed E-state index contributed by atoms with van der Waals surface area (Å²) >= 11 is 0. The molecule has 0 saturated heterocycles. The van der Waals surface area contributed by atoms with E-state index in [-0.39, 0.29) is 6.54 Å². The van der Waals surface area contributed by atoms with Gasteiger partial charge in [0.1, 0.15) is 0 Å². The van der Waals surface area contributed by atoms with E-state index in [0.717, 1.165) is 31.4 Å². The first-order chi connectivity index (χ1) is 9.82. The standard InChI is InChI=1S/C15H18F3NO2/c16-15(17,18)12-7-3-2-6-11(12)13(20)19-10-14(21)8-4-1-5-9-14/h2-3,6-7,21H,1,4-5,8-10H2,(H,19,20).